The molecule has 3 nitrogen and oxygen atoms in total. The molecule has 1 fully saturated rings. The van der Waals surface area contributed by atoms with E-state index in [1.54, 1.807) is 12.1 Å². The molecule has 0 bridgehead atoms. The van der Waals surface area contributed by atoms with Gasteiger partial charge in [-0.05, 0) is 42.4 Å². The van der Waals surface area contributed by atoms with Crippen LogP contribution >= 0.6 is 0 Å². The smallest absolute Gasteiger partial charge is 0.329 e. The second kappa shape index (κ2) is 5.66. The molecular formula is C17H24FNO2. The molecule has 116 valence electrons. The molecule has 1 aliphatic rings. The molecular weight excluding hydrogens is 269 g/mol. The summed E-state index contributed by atoms with van der Waals surface area (Å²) in [6.07, 6.45) is 3.36. The van der Waals surface area contributed by atoms with E-state index < -0.39 is 11.5 Å². The van der Waals surface area contributed by atoms with Crippen molar-refractivity contribution in [3.05, 3.63) is 30.1 Å². The summed E-state index contributed by atoms with van der Waals surface area (Å²) in [7, 11) is 0. The van der Waals surface area contributed by atoms with Crippen LogP contribution in [0.15, 0.2) is 24.3 Å². The predicted octanol–water partition coefficient (Wildman–Crippen LogP) is 4.30. The van der Waals surface area contributed by atoms with Gasteiger partial charge >= 0.3 is 5.97 Å². The van der Waals surface area contributed by atoms with Crippen LogP contribution in [0.5, 0.6) is 0 Å². The molecule has 1 aliphatic carbocycles. The molecule has 0 aromatic heterocycles. The number of hydrogen-bond donors (Lipinski definition) is 2. The van der Waals surface area contributed by atoms with Gasteiger partial charge in [0.2, 0.25) is 0 Å². The highest BCUT2D eigenvalue weighted by atomic mass is 19.1. The van der Waals surface area contributed by atoms with Crippen molar-refractivity contribution in [1.29, 1.82) is 0 Å². The minimum absolute atomic E-state index is 0.000447. The van der Waals surface area contributed by atoms with Crippen LogP contribution in [0.3, 0.4) is 0 Å². The Morgan fingerprint density at radius 2 is 2.10 bits per heavy atom. The topological polar surface area (TPSA) is 49.3 Å². The Labute approximate surface area is 125 Å². The molecule has 2 atom stereocenters. The summed E-state index contributed by atoms with van der Waals surface area (Å²) in [6.45, 7) is 6.23. The van der Waals surface area contributed by atoms with Gasteiger partial charge in [0.05, 0.1) is 0 Å². The first-order valence-electron chi connectivity index (χ1n) is 7.53. The molecule has 1 aromatic carbocycles. The monoisotopic (exact) mass is 293 g/mol. The van der Waals surface area contributed by atoms with Gasteiger partial charge in [-0.1, -0.05) is 39.7 Å². The zero-order chi connectivity index (χ0) is 15.7. The van der Waals surface area contributed by atoms with Gasteiger partial charge in [0, 0.05) is 5.69 Å². The number of hydrogen-bond acceptors (Lipinski definition) is 2. The number of nitrogens with one attached hydrogen (secondary N) is 1. The highest BCUT2D eigenvalue weighted by molar-refractivity contribution is 5.83. The summed E-state index contributed by atoms with van der Waals surface area (Å²) in [6, 6.07) is 6.05. The molecule has 0 aliphatic heterocycles. The van der Waals surface area contributed by atoms with E-state index in [-0.39, 0.29) is 17.2 Å². The van der Waals surface area contributed by atoms with E-state index in [1.165, 1.54) is 12.1 Å². The number of anilines is 1. The number of benzene rings is 1. The van der Waals surface area contributed by atoms with Crippen LogP contribution in [0.4, 0.5) is 10.1 Å². The van der Waals surface area contributed by atoms with Gasteiger partial charge in [0.15, 0.2) is 0 Å². The summed E-state index contributed by atoms with van der Waals surface area (Å²) in [5, 5.41) is 13.0. The van der Waals surface area contributed by atoms with E-state index in [0.717, 1.165) is 19.3 Å². The van der Waals surface area contributed by atoms with E-state index in [0.29, 0.717) is 12.1 Å². The van der Waals surface area contributed by atoms with E-state index in [1.807, 2.05) is 0 Å². The third-order valence-corrected chi connectivity index (χ3v) is 4.53. The van der Waals surface area contributed by atoms with Gasteiger partial charge in [0.25, 0.3) is 0 Å². The molecule has 0 amide bonds. The molecule has 2 rings (SSSR count). The molecule has 2 unspecified atom stereocenters. The van der Waals surface area contributed by atoms with Crippen molar-refractivity contribution >= 4 is 11.7 Å². The maximum atomic E-state index is 13.4. The first-order chi connectivity index (χ1) is 9.75. The van der Waals surface area contributed by atoms with Crippen molar-refractivity contribution in [2.75, 3.05) is 5.32 Å². The van der Waals surface area contributed by atoms with E-state index in [4.69, 9.17) is 0 Å². The lowest BCUT2D eigenvalue weighted by molar-refractivity contribution is -0.148. The summed E-state index contributed by atoms with van der Waals surface area (Å²) in [5.41, 5.74) is -0.614. The maximum Gasteiger partial charge on any atom is 0.329 e. The Hall–Kier alpha value is -1.58. The van der Waals surface area contributed by atoms with Gasteiger partial charge in [-0.15, -0.1) is 0 Å². The lowest BCUT2D eigenvalue weighted by Crippen LogP contribution is -2.58. The SMILES string of the molecule is CC(C)(C)C1CCCCC1(Nc1cccc(F)c1)C(=O)O. The van der Waals surface area contributed by atoms with Crippen LogP contribution in [0, 0.1) is 17.2 Å². The molecule has 0 spiro atoms. The average Bonchev–Trinajstić information content (AvgIpc) is 2.37. The highest BCUT2D eigenvalue weighted by Gasteiger charge is 2.51. The van der Waals surface area contributed by atoms with Gasteiger partial charge in [0.1, 0.15) is 11.4 Å². The van der Waals surface area contributed by atoms with E-state index >= 15 is 0 Å². The van der Waals surface area contributed by atoms with E-state index in [9.17, 15) is 14.3 Å². The lowest BCUT2D eigenvalue weighted by Gasteiger charge is -2.48. The van der Waals surface area contributed by atoms with Gasteiger partial charge in [-0.2, -0.15) is 0 Å². The fourth-order valence-electron chi connectivity index (χ4n) is 3.63. The van der Waals surface area contributed by atoms with Crippen molar-refractivity contribution < 1.29 is 14.3 Å². The number of carbonyl (C=O) groups is 1. The third kappa shape index (κ3) is 3.20. The number of carboxylic acids is 1. The molecule has 21 heavy (non-hydrogen) atoms. The maximum absolute atomic E-state index is 13.4. The largest absolute Gasteiger partial charge is 0.479 e. The summed E-state index contributed by atoms with van der Waals surface area (Å²) >= 11 is 0. The van der Waals surface area contributed by atoms with Crippen LogP contribution in [-0.2, 0) is 4.79 Å². The number of carboxylic acid groups (broad SMARTS) is 1. The molecule has 2 N–H and O–H groups in total. The standard InChI is InChI=1S/C17H24FNO2/c1-16(2,3)14-9-4-5-10-17(14,15(20)21)19-13-8-6-7-12(18)11-13/h6-8,11,14,19H,4-5,9-10H2,1-3H3,(H,20,21). The Bertz CT molecular complexity index is 524. The Balaban J connectivity index is 2.40. The van der Waals surface area contributed by atoms with Crippen LogP contribution < -0.4 is 5.32 Å². The second-order valence-electron chi connectivity index (χ2n) is 7.08. The number of aliphatic carboxylic acids is 1. The average molecular weight is 293 g/mol. The fraction of sp³-hybridized carbons (Fsp3) is 0.588. The first-order valence-corrected chi connectivity index (χ1v) is 7.53. The normalized spacial score (nSPS) is 26.4. The quantitative estimate of drug-likeness (QED) is 0.873. The zero-order valence-electron chi connectivity index (χ0n) is 12.9. The minimum Gasteiger partial charge on any atom is -0.479 e. The van der Waals surface area contributed by atoms with Gasteiger partial charge < -0.3 is 10.4 Å². The minimum atomic E-state index is -1.02. The molecule has 1 saturated carbocycles. The van der Waals surface area contributed by atoms with Crippen LogP contribution in [0.25, 0.3) is 0 Å². The fourth-order valence-corrected chi connectivity index (χ4v) is 3.63. The first kappa shape index (κ1) is 15.8. The Morgan fingerprint density at radius 3 is 2.67 bits per heavy atom. The highest BCUT2D eigenvalue weighted by Crippen LogP contribution is 2.46. The molecule has 4 heteroatoms. The molecule has 0 heterocycles. The number of halogens is 1. The Morgan fingerprint density at radius 1 is 1.38 bits per heavy atom. The molecule has 0 radical (unpaired) electrons. The van der Waals surface area contributed by atoms with Crippen LogP contribution in [0.1, 0.15) is 46.5 Å². The molecule has 0 saturated heterocycles. The zero-order valence-corrected chi connectivity index (χ0v) is 12.9. The summed E-state index contributed by atoms with van der Waals surface area (Å²) in [5.74, 6) is -1.20. The van der Waals surface area contributed by atoms with Crippen LogP contribution in [0.2, 0.25) is 0 Å². The van der Waals surface area contributed by atoms with Crippen molar-refractivity contribution in [1.82, 2.24) is 0 Å². The lowest BCUT2D eigenvalue weighted by atomic mass is 9.62. The van der Waals surface area contributed by atoms with Crippen LogP contribution in [-0.4, -0.2) is 16.6 Å². The second-order valence-corrected chi connectivity index (χ2v) is 7.08. The summed E-state index contributed by atoms with van der Waals surface area (Å²) < 4.78 is 13.4. The van der Waals surface area contributed by atoms with Crippen molar-refractivity contribution in [2.45, 2.75) is 52.0 Å². The Kier molecular flexibility index (Phi) is 4.26. The summed E-state index contributed by atoms with van der Waals surface area (Å²) in [4.78, 5) is 12.1. The van der Waals surface area contributed by atoms with Crippen molar-refractivity contribution in [3.8, 4) is 0 Å². The van der Waals surface area contributed by atoms with Gasteiger partial charge in [-0.25, -0.2) is 9.18 Å². The number of rotatable bonds is 3. The van der Waals surface area contributed by atoms with Crippen molar-refractivity contribution in [3.63, 3.8) is 0 Å². The predicted molar refractivity (Wildman–Crippen MR) is 81.8 cm³/mol. The van der Waals surface area contributed by atoms with Gasteiger partial charge in [-0.3, -0.25) is 0 Å². The third-order valence-electron chi connectivity index (χ3n) is 4.53. The van der Waals surface area contributed by atoms with Crippen molar-refractivity contribution in [2.24, 2.45) is 11.3 Å². The van der Waals surface area contributed by atoms with E-state index in [2.05, 4.69) is 26.1 Å². The molecule has 1 aromatic rings.